The lowest BCUT2D eigenvalue weighted by atomic mass is 10.3. The molecular weight excluding hydrogens is 252 g/mol. The molecule has 98 valence electrons. The third kappa shape index (κ3) is 3.16. The van der Waals surface area contributed by atoms with Crippen molar-refractivity contribution in [3.63, 3.8) is 0 Å². The van der Waals surface area contributed by atoms with Crippen molar-refractivity contribution in [2.75, 3.05) is 19.6 Å². The summed E-state index contributed by atoms with van der Waals surface area (Å²) in [6.45, 7) is 1.70. The van der Waals surface area contributed by atoms with Gasteiger partial charge in [-0.25, -0.2) is 13.1 Å². The lowest BCUT2D eigenvalue weighted by molar-refractivity contribution is -0.108. The molecule has 0 aliphatic carbocycles. The molecular formula is C12H16N2O3S. The molecule has 1 fully saturated rings. The zero-order valence-corrected chi connectivity index (χ0v) is 10.8. The molecule has 0 spiro atoms. The van der Waals surface area contributed by atoms with Crippen LogP contribution in [-0.2, 0) is 14.8 Å². The summed E-state index contributed by atoms with van der Waals surface area (Å²) in [7, 11) is -3.45. The number of benzene rings is 1. The molecule has 1 saturated heterocycles. The van der Waals surface area contributed by atoms with E-state index in [0.717, 1.165) is 19.3 Å². The van der Waals surface area contributed by atoms with Crippen molar-refractivity contribution in [2.45, 2.75) is 17.4 Å². The standard InChI is InChI=1S/C12H16N2O3S/c15-9-8-14-7-6-11(10-14)13-18(16,17)12-4-2-1-3-5-12/h1-5,9,11,13H,6-8,10H2. The zero-order valence-electron chi connectivity index (χ0n) is 9.95. The molecule has 0 radical (unpaired) electrons. The Kier molecular flexibility index (Phi) is 4.11. The Morgan fingerprint density at radius 3 is 2.72 bits per heavy atom. The van der Waals surface area contributed by atoms with Crippen LogP contribution in [0.4, 0.5) is 0 Å². The first-order chi connectivity index (χ1) is 8.62. The maximum Gasteiger partial charge on any atom is 0.240 e. The number of carbonyl (C=O) groups excluding carboxylic acids is 1. The maximum atomic E-state index is 12.1. The highest BCUT2D eigenvalue weighted by Gasteiger charge is 2.26. The van der Waals surface area contributed by atoms with Crippen molar-refractivity contribution < 1.29 is 13.2 Å². The Balaban J connectivity index is 2.00. The summed E-state index contributed by atoms with van der Waals surface area (Å²) in [6, 6.07) is 8.20. The highest BCUT2D eigenvalue weighted by Crippen LogP contribution is 2.13. The molecule has 1 heterocycles. The van der Waals surface area contributed by atoms with Gasteiger partial charge in [0.1, 0.15) is 6.29 Å². The van der Waals surface area contributed by atoms with Crippen molar-refractivity contribution in [2.24, 2.45) is 0 Å². The number of nitrogens with zero attached hydrogens (tertiary/aromatic N) is 1. The molecule has 1 N–H and O–H groups in total. The Morgan fingerprint density at radius 2 is 2.06 bits per heavy atom. The molecule has 18 heavy (non-hydrogen) atoms. The number of hydrogen-bond acceptors (Lipinski definition) is 4. The fraction of sp³-hybridized carbons (Fsp3) is 0.417. The Morgan fingerprint density at radius 1 is 1.33 bits per heavy atom. The summed E-state index contributed by atoms with van der Waals surface area (Å²) in [5, 5.41) is 0. The third-order valence-electron chi connectivity index (χ3n) is 2.98. The van der Waals surface area contributed by atoms with Crippen LogP contribution < -0.4 is 4.72 Å². The van der Waals surface area contributed by atoms with Crippen LogP contribution in [0.5, 0.6) is 0 Å². The van der Waals surface area contributed by atoms with Gasteiger partial charge < -0.3 is 4.79 Å². The van der Waals surface area contributed by atoms with Crippen LogP contribution in [0.3, 0.4) is 0 Å². The van der Waals surface area contributed by atoms with E-state index in [2.05, 4.69) is 4.72 Å². The molecule has 0 bridgehead atoms. The molecule has 2 rings (SSSR count). The van der Waals surface area contributed by atoms with E-state index in [4.69, 9.17) is 0 Å². The van der Waals surface area contributed by atoms with Gasteiger partial charge in [0.25, 0.3) is 0 Å². The Hall–Kier alpha value is -1.24. The van der Waals surface area contributed by atoms with Gasteiger partial charge in [-0.1, -0.05) is 18.2 Å². The van der Waals surface area contributed by atoms with Crippen LogP contribution in [0.2, 0.25) is 0 Å². The van der Waals surface area contributed by atoms with E-state index in [1.807, 2.05) is 4.90 Å². The number of nitrogens with one attached hydrogen (secondary N) is 1. The Labute approximate surface area is 107 Å². The van der Waals surface area contributed by atoms with Gasteiger partial charge >= 0.3 is 0 Å². The molecule has 6 heteroatoms. The van der Waals surface area contributed by atoms with Crippen molar-refractivity contribution >= 4 is 16.3 Å². The van der Waals surface area contributed by atoms with E-state index in [9.17, 15) is 13.2 Å². The first kappa shape index (κ1) is 13.2. The van der Waals surface area contributed by atoms with Crippen LogP contribution in [-0.4, -0.2) is 45.3 Å². The normalized spacial score (nSPS) is 21.0. The van der Waals surface area contributed by atoms with Crippen LogP contribution in [0.1, 0.15) is 6.42 Å². The summed E-state index contributed by atoms with van der Waals surface area (Å²) in [5.41, 5.74) is 0. The lowest BCUT2D eigenvalue weighted by Crippen LogP contribution is -2.37. The predicted molar refractivity (Wildman–Crippen MR) is 67.7 cm³/mol. The van der Waals surface area contributed by atoms with Gasteiger partial charge in [-0.3, -0.25) is 4.90 Å². The second kappa shape index (κ2) is 5.60. The molecule has 1 aliphatic rings. The highest BCUT2D eigenvalue weighted by molar-refractivity contribution is 7.89. The van der Waals surface area contributed by atoms with E-state index in [0.29, 0.717) is 13.1 Å². The maximum absolute atomic E-state index is 12.1. The van der Waals surface area contributed by atoms with E-state index in [1.54, 1.807) is 30.3 Å². The summed E-state index contributed by atoms with van der Waals surface area (Å²) < 4.78 is 26.8. The minimum atomic E-state index is -3.45. The average molecular weight is 268 g/mol. The van der Waals surface area contributed by atoms with Crippen molar-refractivity contribution in [3.05, 3.63) is 30.3 Å². The number of carbonyl (C=O) groups is 1. The third-order valence-corrected chi connectivity index (χ3v) is 4.52. The summed E-state index contributed by atoms with van der Waals surface area (Å²) in [5.74, 6) is 0. The van der Waals surface area contributed by atoms with Crippen LogP contribution >= 0.6 is 0 Å². The molecule has 1 aromatic rings. The number of rotatable bonds is 5. The molecule has 1 aromatic carbocycles. The number of aldehydes is 1. The first-order valence-electron chi connectivity index (χ1n) is 5.85. The fourth-order valence-electron chi connectivity index (χ4n) is 2.09. The van der Waals surface area contributed by atoms with Crippen molar-refractivity contribution in [1.82, 2.24) is 9.62 Å². The molecule has 1 unspecified atom stereocenters. The van der Waals surface area contributed by atoms with E-state index < -0.39 is 10.0 Å². The van der Waals surface area contributed by atoms with Crippen LogP contribution in [0.25, 0.3) is 0 Å². The van der Waals surface area contributed by atoms with Crippen LogP contribution in [0, 0.1) is 0 Å². The summed E-state index contributed by atoms with van der Waals surface area (Å²) >= 11 is 0. The van der Waals surface area contributed by atoms with E-state index in [1.165, 1.54) is 0 Å². The number of hydrogen-bond donors (Lipinski definition) is 1. The highest BCUT2D eigenvalue weighted by atomic mass is 32.2. The van der Waals surface area contributed by atoms with Crippen molar-refractivity contribution in [3.8, 4) is 0 Å². The smallest absolute Gasteiger partial charge is 0.240 e. The monoisotopic (exact) mass is 268 g/mol. The first-order valence-corrected chi connectivity index (χ1v) is 7.33. The Bertz CT molecular complexity index is 501. The fourth-order valence-corrected chi connectivity index (χ4v) is 3.37. The minimum absolute atomic E-state index is 0.116. The predicted octanol–water partition coefficient (Wildman–Crippen LogP) is 0.238. The van der Waals surface area contributed by atoms with Gasteiger partial charge in [-0.05, 0) is 18.6 Å². The van der Waals surface area contributed by atoms with Gasteiger partial charge in [0.2, 0.25) is 10.0 Å². The van der Waals surface area contributed by atoms with Crippen LogP contribution in [0.15, 0.2) is 35.2 Å². The van der Waals surface area contributed by atoms with Gasteiger partial charge in [-0.2, -0.15) is 0 Å². The summed E-state index contributed by atoms with van der Waals surface area (Å²) in [4.78, 5) is 12.6. The molecule has 1 atom stereocenters. The molecule has 1 aliphatic heterocycles. The average Bonchev–Trinajstić information content (AvgIpc) is 2.77. The second-order valence-electron chi connectivity index (χ2n) is 4.35. The van der Waals surface area contributed by atoms with Gasteiger partial charge in [0.05, 0.1) is 11.4 Å². The van der Waals surface area contributed by atoms with Gasteiger partial charge in [0, 0.05) is 19.1 Å². The topological polar surface area (TPSA) is 66.5 Å². The zero-order chi connectivity index (χ0) is 13.0. The SMILES string of the molecule is O=CCN1CCC(NS(=O)(=O)c2ccccc2)C1. The van der Waals surface area contributed by atoms with E-state index >= 15 is 0 Å². The molecule has 0 aromatic heterocycles. The molecule has 0 amide bonds. The number of sulfonamides is 1. The molecule has 0 saturated carbocycles. The largest absolute Gasteiger partial charge is 0.302 e. The molecule has 5 nitrogen and oxygen atoms in total. The van der Waals surface area contributed by atoms with Gasteiger partial charge in [0.15, 0.2) is 0 Å². The minimum Gasteiger partial charge on any atom is -0.302 e. The quantitative estimate of drug-likeness (QED) is 0.777. The van der Waals surface area contributed by atoms with Gasteiger partial charge in [-0.15, -0.1) is 0 Å². The number of likely N-dealkylation sites (tertiary alicyclic amines) is 1. The second-order valence-corrected chi connectivity index (χ2v) is 6.06. The van der Waals surface area contributed by atoms with Crippen molar-refractivity contribution in [1.29, 1.82) is 0 Å². The van der Waals surface area contributed by atoms with E-state index in [-0.39, 0.29) is 10.9 Å². The summed E-state index contributed by atoms with van der Waals surface area (Å²) in [6.07, 6.45) is 1.58. The lowest BCUT2D eigenvalue weighted by Gasteiger charge is -2.14.